The smallest absolute Gasteiger partial charge is 0.000771 e. The summed E-state index contributed by atoms with van der Waals surface area (Å²) in [6.07, 6.45) is 15.4. The Morgan fingerprint density at radius 2 is 1.47 bits per heavy atom. The van der Waals surface area contributed by atoms with E-state index in [0.29, 0.717) is 10.8 Å². The standard InChI is InChI=1S/C17H34N2/c1-2-16(8-6-7-9-16)15-19-13-12-17(14-18)10-4-3-5-11-17/h19H,2-15,18H2,1H3. The molecule has 0 aromatic carbocycles. The summed E-state index contributed by atoms with van der Waals surface area (Å²) in [4.78, 5) is 0. The fourth-order valence-electron chi connectivity index (χ4n) is 4.35. The Balaban J connectivity index is 1.70. The molecule has 19 heavy (non-hydrogen) atoms. The zero-order valence-electron chi connectivity index (χ0n) is 13.0. The van der Waals surface area contributed by atoms with Gasteiger partial charge in [0.25, 0.3) is 0 Å². The molecule has 2 saturated carbocycles. The van der Waals surface area contributed by atoms with Crippen molar-refractivity contribution in [3.8, 4) is 0 Å². The highest BCUT2D eigenvalue weighted by atomic mass is 14.9. The van der Waals surface area contributed by atoms with E-state index in [1.165, 1.54) is 83.7 Å². The molecule has 2 heteroatoms. The molecule has 0 aromatic heterocycles. The van der Waals surface area contributed by atoms with E-state index < -0.39 is 0 Å². The first kappa shape index (κ1) is 15.3. The second-order valence-electron chi connectivity index (χ2n) is 7.25. The Bertz CT molecular complexity index is 250. The van der Waals surface area contributed by atoms with Crippen LogP contribution in [0.15, 0.2) is 0 Å². The van der Waals surface area contributed by atoms with E-state index in [-0.39, 0.29) is 0 Å². The molecule has 112 valence electrons. The molecule has 0 saturated heterocycles. The lowest BCUT2D eigenvalue weighted by molar-refractivity contribution is 0.175. The van der Waals surface area contributed by atoms with Crippen LogP contribution in [0, 0.1) is 10.8 Å². The minimum atomic E-state index is 0.473. The molecule has 2 aliphatic carbocycles. The molecule has 2 rings (SSSR count). The van der Waals surface area contributed by atoms with Gasteiger partial charge in [0.2, 0.25) is 0 Å². The van der Waals surface area contributed by atoms with Crippen LogP contribution in [-0.2, 0) is 0 Å². The van der Waals surface area contributed by atoms with Crippen molar-refractivity contribution >= 4 is 0 Å². The summed E-state index contributed by atoms with van der Waals surface area (Å²) in [5, 5.41) is 3.77. The molecule has 3 N–H and O–H groups in total. The van der Waals surface area contributed by atoms with Crippen LogP contribution >= 0.6 is 0 Å². The maximum atomic E-state index is 6.07. The molecule has 0 amide bonds. The topological polar surface area (TPSA) is 38.0 Å². The van der Waals surface area contributed by atoms with Crippen molar-refractivity contribution in [2.75, 3.05) is 19.6 Å². The van der Waals surface area contributed by atoms with Crippen LogP contribution in [0.5, 0.6) is 0 Å². The maximum Gasteiger partial charge on any atom is 0.000771 e. The average molecular weight is 266 g/mol. The van der Waals surface area contributed by atoms with Gasteiger partial charge in [-0.25, -0.2) is 0 Å². The Hall–Kier alpha value is -0.0800. The third-order valence-electron chi connectivity index (χ3n) is 6.09. The third kappa shape index (κ3) is 3.95. The summed E-state index contributed by atoms with van der Waals surface area (Å²) in [5.74, 6) is 0. The van der Waals surface area contributed by atoms with Crippen molar-refractivity contribution < 1.29 is 0 Å². The van der Waals surface area contributed by atoms with Gasteiger partial charge in [-0.2, -0.15) is 0 Å². The molecular weight excluding hydrogens is 232 g/mol. The predicted octanol–water partition coefficient (Wildman–Crippen LogP) is 3.85. The lowest BCUT2D eigenvalue weighted by Crippen LogP contribution is -2.38. The molecular formula is C17H34N2. The van der Waals surface area contributed by atoms with Gasteiger partial charge in [0.15, 0.2) is 0 Å². The van der Waals surface area contributed by atoms with Gasteiger partial charge >= 0.3 is 0 Å². The van der Waals surface area contributed by atoms with Crippen molar-refractivity contribution in [1.82, 2.24) is 5.32 Å². The predicted molar refractivity (Wildman–Crippen MR) is 83.3 cm³/mol. The normalized spacial score (nSPS) is 25.6. The zero-order chi connectivity index (χ0) is 13.6. The summed E-state index contributed by atoms with van der Waals surface area (Å²) >= 11 is 0. The van der Waals surface area contributed by atoms with Crippen LogP contribution in [0.25, 0.3) is 0 Å². The van der Waals surface area contributed by atoms with Crippen LogP contribution in [0.1, 0.15) is 77.6 Å². The van der Waals surface area contributed by atoms with Crippen LogP contribution in [0.4, 0.5) is 0 Å². The number of hydrogen-bond acceptors (Lipinski definition) is 2. The lowest BCUT2D eigenvalue weighted by Gasteiger charge is -2.37. The number of nitrogens with two attached hydrogens (primary N) is 1. The summed E-state index contributed by atoms with van der Waals surface area (Å²) in [6.45, 7) is 5.69. The maximum absolute atomic E-state index is 6.07. The highest BCUT2D eigenvalue weighted by molar-refractivity contribution is 4.87. The molecule has 0 atom stereocenters. The lowest BCUT2D eigenvalue weighted by atomic mass is 9.72. The molecule has 2 aliphatic rings. The largest absolute Gasteiger partial charge is 0.330 e. The fourth-order valence-corrected chi connectivity index (χ4v) is 4.35. The van der Waals surface area contributed by atoms with Gasteiger partial charge in [0.1, 0.15) is 0 Å². The van der Waals surface area contributed by atoms with Gasteiger partial charge in [-0.05, 0) is 62.4 Å². The van der Waals surface area contributed by atoms with Crippen molar-refractivity contribution in [3.05, 3.63) is 0 Å². The third-order valence-corrected chi connectivity index (χ3v) is 6.09. The second-order valence-corrected chi connectivity index (χ2v) is 7.25. The second kappa shape index (κ2) is 7.08. The van der Waals surface area contributed by atoms with Gasteiger partial charge in [-0.1, -0.05) is 39.0 Å². The van der Waals surface area contributed by atoms with Crippen molar-refractivity contribution in [3.63, 3.8) is 0 Å². The minimum Gasteiger partial charge on any atom is -0.330 e. The highest BCUT2D eigenvalue weighted by Gasteiger charge is 2.33. The SMILES string of the molecule is CCC1(CNCCC2(CN)CCCCC2)CCCC1. The highest BCUT2D eigenvalue weighted by Crippen LogP contribution is 2.41. The van der Waals surface area contributed by atoms with Crippen molar-refractivity contribution in [1.29, 1.82) is 0 Å². The quantitative estimate of drug-likeness (QED) is 0.687. The molecule has 0 bridgehead atoms. The summed E-state index contributed by atoms with van der Waals surface area (Å²) < 4.78 is 0. The van der Waals surface area contributed by atoms with Crippen LogP contribution in [0.3, 0.4) is 0 Å². The van der Waals surface area contributed by atoms with Crippen LogP contribution in [-0.4, -0.2) is 19.6 Å². The van der Waals surface area contributed by atoms with Gasteiger partial charge in [-0.15, -0.1) is 0 Å². The molecule has 0 heterocycles. The fraction of sp³-hybridized carbons (Fsp3) is 1.00. The van der Waals surface area contributed by atoms with Gasteiger partial charge in [-0.3, -0.25) is 0 Å². The molecule has 0 aromatic rings. The molecule has 0 spiro atoms. The van der Waals surface area contributed by atoms with Gasteiger partial charge < -0.3 is 11.1 Å². The zero-order valence-corrected chi connectivity index (χ0v) is 13.0. The summed E-state index contributed by atoms with van der Waals surface area (Å²) in [7, 11) is 0. The van der Waals surface area contributed by atoms with E-state index in [9.17, 15) is 0 Å². The van der Waals surface area contributed by atoms with Gasteiger partial charge in [0, 0.05) is 6.54 Å². The van der Waals surface area contributed by atoms with E-state index in [2.05, 4.69) is 12.2 Å². The first-order valence-corrected chi connectivity index (χ1v) is 8.65. The van der Waals surface area contributed by atoms with E-state index in [1.807, 2.05) is 0 Å². The first-order valence-electron chi connectivity index (χ1n) is 8.65. The van der Waals surface area contributed by atoms with Crippen LogP contribution in [0.2, 0.25) is 0 Å². The number of nitrogens with one attached hydrogen (secondary N) is 1. The molecule has 2 fully saturated rings. The van der Waals surface area contributed by atoms with E-state index >= 15 is 0 Å². The van der Waals surface area contributed by atoms with Crippen molar-refractivity contribution in [2.45, 2.75) is 77.6 Å². The van der Waals surface area contributed by atoms with Gasteiger partial charge in [0.05, 0.1) is 0 Å². The number of rotatable bonds is 7. The molecule has 0 radical (unpaired) electrons. The van der Waals surface area contributed by atoms with E-state index in [4.69, 9.17) is 5.73 Å². The van der Waals surface area contributed by atoms with Crippen molar-refractivity contribution in [2.24, 2.45) is 16.6 Å². The molecule has 0 aliphatic heterocycles. The molecule has 0 unspecified atom stereocenters. The summed E-state index contributed by atoms with van der Waals surface area (Å²) in [6, 6.07) is 0. The van der Waals surface area contributed by atoms with E-state index in [1.54, 1.807) is 0 Å². The Morgan fingerprint density at radius 1 is 0.895 bits per heavy atom. The Kier molecular flexibility index (Phi) is 5.70. The Labute approximate surface area is 119 Å². The first-order chi connectivity index (χ1) is 9.24. The average Bonchev–Trinajstić information content (AvgIpc) is 2.94. The summed E-state index contributed by atoms with van der Waals surface area (Å²) in [5.41, 5.74) is 7.17. The van der Waals surface area contributed by atoms with E-state index in [0.717, 1.165) is 6.54 Å². The Morgan fingerprint density at radius 3 is 2.05 bits per heavy atom. The van der Waals surface area contributed by atoms with Crippen LogP contribution < -0.4 is 11.1 Å². The molecule has 2 nitrogen and oxygen atoms in total. The monoisotopic (exact) mass is 266 g/mol. The minimum absolute atomic E-state index is 0.473. The number of hydrogen-bond donors (Lipinski definition) is 2.